The van der Waals surface area contributed by atoms with Crippen molar-refractivity contribution in [1.29, 1.82) is 0 Å². The van der Waals surface area contributed by atoms with Crippen LogP contribution in [-0.2, 0) is 13.6 Å². The third-order valence-electron chi connectivity index (χ3n) is 7.17. The fourth-order valence-electron chi connectivity index (χ4n) is 5.28. The molecule has 0 spiro atoms. The van der Waals surface area contributed by atoms with Crippen LogP contribution in [0, 0.1) is 3.57 Å². The van der Waals surface area contributed by atoms with E-state index in [4.69, 9.17) is 10.7 Å². The average Bonchev–Trinajstić information content (AvgIpc) is 3.42. The van der Waals surface area contributed by atoms with Crippen LogP contribution >= 0.6 is 22.6 Å². The summed E-state index contributed by atoms with van der Waals surface area (Å²) in [5.74, 6) is 0.920. The molecule has 1 aliphatic rings. The number of halogens is 1. The molecule has 0 radical (unpaired) electrons. The average molecular weight is 589 g/mol. The number of aryl methyl sites for hydroxylation is 1. The number of benzene rings is 3. The lowest BCUT2D eigenvalue weighted by Gasteiger charge is -2.30. The number of aromatic nitrogens is 3. The predicted octanol–water partition coefficient (Wildman–Crippen LogP) is 5.41. The zero-order valence-electron chi connectivity index (χ0n) is 20.2. The highest BCUT2D eigenvalue weighted by Crippen LogP contribution is 2.31. The van der Waals surface area contributed by atoms with Crippen LogP contribution in [0.3, 0.4) is 0 Å². The van der Waals surface area contributed by atoms with Crippen molar-refractivity contribution in [2.45, 2.75) is 25.4 Å². The molecule has 182 valence electrons. The van der Waals surface area contributed by atoms with E-state index in [1.807, 2.05) is 30.1 Å². The van der Waals surface area contributed by atoms with Crippen LogP contribution in [0.25, 0.3) is 33.5 Å². The molecule has 36 heavy (non-hydrogen) atoms. The van der Waals surface area contributed by atoms with Crippen LogP contribution in [0.5, 0.6) is 0 Å². The molecule has 6 nitrogen and oxygen atoms in total. The van der Waals surface area contributed by atoms with Crippen molar-refractivity contribution < 1.29 is 4.79 Å². The highest BCUT2D eigenvalue weighted by molar-refractivity contribution is 14.1. The Kier molecular flexibility index (Phi) is 6.05. The molecule has 1 atom stereocenters. The zero-order valence-corrected chi connectivity index (χ0v) is 22.4. The van der Waals surface area contributed by atoms with Gasteiger partial charge in [0.25, 0.3) is 5.91 Å². The third kappa shape index (κ3) is 4.20. The van der Waals surface area contributed by atoms with Gasteiger partial charge in [0.1, 0.15) is 0 Å². The first-order valence-electron chi connectivity index (χ1n) is 12.3. The minimum atomic E-state index is 0.0343. The van der Waals surface area contributed by atoms with E-state index in [0.29, 0.717) is 12.1 Å². The van der Waals surface area contributed by atoms with Crippen LogP contribution in [-0.4, -0.2) is 44.1 Å². The Morgan fingerprint density at radius 1 is 1.06 bits per heavy atom. The van der Waals surface area contributed by atoms with Gasteiger partial charge in [-0.25, -0.2) is 4.98 Å². The largest absolute Gasteiger partial charge is 0.337 e. The minimum Gasteiger partial charge on any atom is -0.337 e. The van der Waals surface area contributed by atoms with Crippen LogP contribution < -0.4 is 5.73 Å². The predicted molar refractivity (Wildman–Crippen MR) is 153 cm³/mol. The highest BCUT2D eigenvalue weighted by atomic mass is 127. The Labute approximate surface area is 223 Å². The summed E-state index contributed by atoms with van der Waals surface area (Å²) in [6.45, 7) is 2.13. The van der Waals surface area contributed by atoms with E-state index in [2.05, 4.69) is 86.3 Å². The molecule has 0 bridgehead atoms. The van der Waals surface area contributed by atoms with Crippen LogP contribution in [0.15, 0.2) is 72.8 Å². The summed E-state index contributed by atoms with van der Waals surface area (Å²) in [7, 11) is 2.04. The number of rotatable bonds is 4. The summed E-state index contributed by atoms with van der Waals surface area (Å²) in [5, 5.41) is 1.18. The van der Waals surface area contributed by atoms with Crippen LogP contribution in [0.4, 0.5) is 0 Å². The number of piperidine rings is 1. The van der Waals surface area contributed by atoms with Gasteiger partial charge in [0.05, 0.1) is 16.7 Å². The number of imidazole rings is 1. The van der Waals surface area contributed by atoms with Crippen molar-refractivity contribution in [3.63, 3.8) is 0 Å². The number of nitrogens with two attached hydrogens (primary N) is 1. The molecule has 3 heterocycles. The molecule has 1 amide bonds. The molecular weight excluding hydrogens is 561 g/mol. The minimum absolute atomic E-state index is 0.0343. The lowest BCUT2D eigenvalue weighted by Crippen LogP contribution is -2.45. The maximum Gasteiger partial charge on any atom is 0.253 e. The molecule has 3 aromatic carbocycles. The lowest BCUT2D eigenvalue weighted by atomic mass is 10.1. The molecule has 2 N–H and O–H groups in total. The monoisotopic (exact) mass is 589 g/mol. The molecule has 1 aliphatic heterocycles. The van der Waals surface area contributed by atoms with Gasteiger partial charge in [-0.15, -0.1) is 0 Å². The number of para-hydroxylation sites is 1. The second-order valence-electron chi connectivity index (χ2n) is 9.65. The maximum atomic E-state index is 13.2. The second kappa shape index (κ2) is 9.37. The third-order valence-corrected chi connectivity index (χ3v) is 7.89. The molecule has 2 aromatic heterocycles. The van der Waals surface area contributed by atoms with Crippen molar-refractivity contribution in [2.24, 2.45) is 12.8 Å². The summed E-state index contributed by atoms with van der Waals surface area (Å²) in [6, 6.07) is 25.2. The Morgan fingerprint density at radius 2 is 1.86 bits per heavy atom. The van der Waals surface area contributed by atoms with E-state index in [1.165, 1.54) is 20.0 Å². The van der Waals surface area contributed by atoms with Gasteiger partial charge in [-0.05, 0) is 83.5 Å². The topological polar surface area (TPSA) is 69.1 Å². The van der Waals surface area contributed by atoms with E-state index in [9.17, 15) is 4.79 Å². The van der Waals surface area contributed by atoms with Crippen molar-refractivity contribution >= 4 is 50.4 Å². The summed E-state index contributed by atoms with van der Waals surface area (Å²) in [6.07, 6.45) is 1.93. The van der Waals surface area contributed by atoms with Crippen LogP contribution in [0.1, 0.15) is 28.8 Å². The van der Waals surface area contributed by atoms with Crippen molar-refractivity contribution in [3.8, 4) is 11.5 Å². The SMILES string of the molecule is Cn1c(-c2cc3ccccc3n2Cc2ccc(I)cc2)nc2cc(C(=O)N3CCC[C@@H](N)C3)ccc21. The lowest BCUT2D eigenvalue weighted by molar-refractivity contribution is 0.0709. The number of hydrogen-bond donors (Lipinski definition) is 1. The molecule has 5 aromatic rings. The maximum absolute atomic E-state index is 13.2. The number of hydrogen-bond acceptors (Lipinski definition) is 3. The van der Waals surface area contributed by atoms with Crippen molar-refractivity contribution in [1.82, 2.24) is 19.0 Å². The molecule has 1 saturated heterocycles. The number of likely N-dealkylation sites (tertiary alicyclic amines) is 1. The molecule has 0 aliphatic carbocycles. The number of fused-ring (bicyclic) bond motifs is 2. The summed E-state index contributed by atoms with van der Waals surface area (Å²) in [5.41, 5.74) is 12.1. The van der Waals surface area contributed by atoms with E-state index in [0.717, 1.165) is 48.5 Å². The summed E-state index contributed by atoms with van der Waals surface area (Å²) >= 11 is 2.34. The normalized spacial score (nSPS) is 16.2. The van der Waals surface area contributed by atoms with Gasteiger partial charge in [0.15, 0.2) is 5.82 Å². The van der Waals surface area contributed by atoms with E-state index in [-0.39, 0.29) is 11.9 Å². The first-order chi connectivity index (χ1) is 17.5. The van der Waals surface area contributed by atoms with Crippen molar-refractivity contribution in [3.05, 3.63) is 87.5 Å². The van der Waals surface area contributed by atoms with Gasteiger partial charge in [0.2, 0.25) is 0 Å². The highest BCUT2D eigenvalue weighted by Gasteiger charge is 2.23. The molecule has 6 rings (SSSR count). The molecule has 7 heteroatoms. The van der Waals surface area contributed by atoms with E-state index in [1.54, 1.807) is 0 Å². The second-order valence-corrected chi connectivity index (χ2v) is 10.9. The van der Waals surface area contributed by atoms with E-state index < -0.39 is 0 Å². The van der Waals surface area contributed by atoms with Gasteiger partial charge in [-0.2, -0.15) is 0 Å². The number of nitrogens with zero attached hydrogens (tertiary/aromatic N) is 4. The fraction of sp³-hybridized carbons (Fsp3) is 0.241. The number of carbonyl (C=O) groups excluding carboxylic acids is 1. The van der Waals surface area contributed by atoms with Gasteiger partial charge in [0, 0.05) is 52.8 Å². The molecule has 0 saturated carbocycles. The Bertz CT molecular complexity index is 1580. The van der Waals surface area contributed by atoms with Crippen LogP contribution in [0.2, 0.25) is 0 Å². The van der Waals surface area contributed by atoms with Gasteiger partial charge < -0.3 is 19.8 Å². The number of carbonyl (C=O) groups is 1. The first kappa shape index (κ1) is 23.2. The van der Waals surface area contributed by atoms with Crippen molar-refractivity contribution in [2.75, 3.05) is 13.1 Å². The van der Waals surface area contributed by atoms with Gasteiger partial charge >= 0.3 is 0 Å². The smallest absolute Gasteiger partial charge is 0.253 e. The molecule has 1 fully saturated rings. The number of amides is 1. The zero-order chi connectivity index (χ0) is 24.8. The first-order valence-corrected chi connectivity index (χ1v) is 13.4. The van der Waals surface area contributed by atoms with Gasteiger partial charge in [-0.1, -0.05) is 30.3 Å². The molecule has 0 unspecified atom stereocenters. The molecular formula is C29H28IN5O. The van der Waals surface area contributed by atoms with Gasteiger partial charge in [-0.3, -0.25) is 4.79 Å². The fourth-order valence-corrected chi connectivity index (χ4v) is 5.64. The quantitative estimate of drug-likeness (QED) is 0.285. The standard InChI is InChI=1S/C29H28IN5O/c1-33-26-13-10-21(29(36)34-14-4-6-23(31)18-34)15-24(26)32-28(33)27-16-20-5-2-3-7-25(20)35(27)17-19-8-11-22(30)12-9-19/h2-3,5,7-13,15-16,23H,4,6,14,17-18,31H2,1H3/t23-/m1/s1. The Balaban J connectivity index is 1.42. The Hall–Kier alpha value is -3.17. The van der Waals surface area contributed by atoms with E-state index >= 15 is 0 Å². The summed E-state index contributed by atoms with van der Waals surface area (Å²) < 4.78 is 5.68. The summed E-state index contributed by atoms with van der Waals surface area (Å²) in [4.78, 5) is 20.1. The Morgan fingerprint density at radius 3 is 2.67 bits per heavy atom.